The monoisotopic (exact) mass is 306 g/mol. The number of rotatable bonds is 5. The van der Waals surface area contributed by atoms with Gasteiger partial charge in [-0.3, -0.25) is 0 Å². The number of amides is 4. The Balaban J connectivity index is 3.12. The number of carbonyl (C=O) groups is 3. The second-order valence-corrected chi connectivity index (χ2v) is 5.38. The molecule has 0 aliphatic carbocycles. The van der Waals surface area contributed by atoms with Crippen molar-refractivity contribution in [2.75, 3.05) is 25.0 Å². The molecule has 0 radical (unpaired) electrons. The number of benzene rings is 1. The predicted molar refractivity (Wildman–Crippen MR) is 84.7 cm³/mol. The zero-order valence-electron chi connectivity index (χ0n) is 13.1. The van der Waals surface area contributed by atoms with E-state index in [1.54, 1.807) is 51.2 Å². The smallest absolute Gasteiger partial charge is 0.330 e. The van der Waals surface area contributed by atoms with Crippen LogP contribution in [0.15, 0.2) is 30.3 Å². The molecule has 0 atom stereocenters. The molecule has 0 aromatic heterocycles. The molecule has 22 heavy (non-hydrogen) atoms. The fourth-order valence-electron chi connectivity index (χ4n) is 1.65. The summed E-state index contributed by atoms with van der Waals surface area (Å²) < 4.78 is 0. The van der Waals surface area contributed by atoms with Gasteiger partial charge in [0.1, 0.15) is 6.29 Å². The maximum Gasteiger partial charge on any atom is 0.333 e. The van der Waals surface area contributed by atoms with Gasteiger partial charge in [0, 0.05) is 13.6 Å². The summed E-state index contributed by atoms with van der Waals surface area (Å²) in [4.78, 5) is 37.8. The van der Waals surface area contributed by atoms with Crippen LogP contribution in [0.3, 0.4) is 0 Å². The number of aldehydes is 1. The molecular weight excluding hydrogens is 284 g/mol. The van der Waals surface area contributed by atoms with E-state index in [0.29, 0.717) is 12.0 Å². The van der Waals surface area contributed by atoms with Crippen molar-refractivity contribution in [3.63, 3.8) is 0 Å². The van der Waals surface area contributed by atoms with Crippen LogP contribution in [0.25, 0.3) is 0 Å². The lowest BCUT2D eigenvalue weighted by Crippen LogP contribution is -2.57. The predicted octanol–water partition coefficient (Wildman–Crippen LogP) is 1.19. The quantitative estimate of drug-likeness (QED) is 0.799. The fourth-order valence-corrected chi connectivity index (χ4v) is 1.65. The number of urea groups is 2. The molecule has 0 aliphatic heterocycles. The Kier molecular flexibility index (Phi) is 6.06. The van der Waals surface area contributed by atoms with Gasteiger partial charge in [-0.15, -0.1) is 0 Å². The summed E-state index contributed by atoms with van der Waals surface area (Å²) in [6.07, 6.45) is 0.555. The molecule has 1 rings (SSSR count). The first-order valence-corrected chi connectivity index (χ1v) is 6.89. The van der Waals surface area contributed by atoms with Crippen molar-refractivity contribution in [2.45, 2.75) is 19.4 Å². The van der Waals surface area contributed by atoms with Crippen LogP contribution in [0.4, 0.5) is 15.3 Å². The lowest BCUT2D eigenvalue weighted by Gasteiger charge is -2.37. The number of para-hydroxylation sites is 1. The number of carbonyl (C=O) groups excluding carboxylic acids is 3. The maximum atomic E-state index is 12.7. The van der Waals surface area contributed by atoms with Gasteiger partial charge in [-0.25, -0.2) is 14.5 Å². The van der Waals surface area contributed by atoms with Gasteiger partial charge < -0.3 is 20.7 Å². The van der Waals surface area contributed by atoms with Gasteiger partial charge in [-0.1, -0.05) is 18.2 Å². The summed E-state index contributed by atoms with van der Waals surface area (Å²) in [6, 6.07) is 7.31. The fraction of sp³-hybridized carbons (Fsp3) is 0.400. The number of hydrogen-bond acceptors (Lipinski definition) is 4. The molecular formula is C15H22N4O3. The summed E-state index contributed by atoms with van der Waals surface area (Å²) in [5.41, 5.74) is 5.48. The third-order valence-electron chi connectivity index (χ3n) is 3.44. The standard InChI is InChI=1S/C15H22N4O3/c1-15(2,11-16)18(3)14(22)19(13(21)17-9-10-20)12-7-5-4-6-8-12/h4-8,10H,9,11,16H2,1-3H3,(H,17,21). The molecule has 0 saturated carbocycles. The van der Waals surface area contributed by atoms with Crippen LogP contribution in [0.1, 0.15) is 13.8 Å². The number of nitrogens with zero attached hydrogens (tertiary/aromatic N) is 2. The molecule has 3 N–H and O–H groups in total. The van der Waals surface area contributed by atoms with E-state index in [4.69, 9.17) is 5.73 Å². The number of imide groups is 1. The van der Waals surface area contributed by atoms with Crippen molar-refractivity contribution in [3.8, 4) is 0 Å². The summed E-state index contributed by atoms with van der Waals surface area (Å²) >= 11 is 0. The zero-order valence-corrected chi connectivity index (χ0v) is 13.1. The van der Waals surface area contributed by atoms with Crippen LogP contribution in [-0.2, 0) is 4.79 Å². The van der Waals surface area contributed by atoms with E-state index < -0.39 is 17.6 Å². The minimum Gasteiger partial charge on any atom is -0.330 e. The minimum atomic E-state index is -0.664. The second-order valence-electron chi connectivity index (χ2n) is 5.38. The van der Waals surface area contributed by atoms with Gasteiger partial charge in [-0.05, 0) is 26.0 Å². The van der Waals surface area contributed by atoms with E-state index >= 15 is 0 Å². The molecule has 0 aliphatic rings. The maximum absolute atomic E-state index is 12.7. The Morgan fingerprint density at radius 1 is 1.27 bits per heavy atom. The number of hydrogen-bond donors (Lipinski definition) is 2. The van der Waals surface area contributed by atoms with Crippen LogP contribution >= 0.6 is 0 Å². The molecule has 0 bridgehead atoms. The Morgan fingerprint density at radius 3 is 2.36 bits per heavy atom. The summed E-state index contributed by atoms with van der Waals surface area (Å²) in [5, 5.41) is 2.38. The Morgan fingerprint density at radius 2 is 1.86 bits per heavy atom. The second kappa shape index (κ2) is 7.56. The molecule has 1 aromatic rings. The summed E-state index contributed by atoms with van der Waals surface area (Å²) in [5.74, 6) is 0. The molecule has 7 heteroatoms. The highest BCUT2D eigenvalue weighted by Gasteiger charge is 2.33. The molecule has 0 saturated heterocycles. The van der Waals surface area contributed by atoms with Crippen LogP contribution in [0.2, 0.25) is 0 Å². The van der Waals surface area contributed by atoms with E-state index in [9.17, 15) is 14.4 Å². The van der Waals surface area contributed by atoms with E-state index in [-0.39, 0.29) is 13.1 Å². The van der Waals surface area contributed by atoms with Crippen LogP contribution < -0.4 is 16.0 Å². The molecule has 120 valence electrons. The zero-order chi connectivity index (χ0) is 16.8. The topological polar surface area (TPSA) is 95.7 Å². The number of anilines is 1. The first-order chi connectivity index (χ1) is 10.3. The highest BCUT2D eigenvalue weighted by Crippen LogP contribution is 2.19. The van der Waals surface area contributed by atoms with Gasteiger partial charge in [-0.2, -0.15) is 0 Å². The van der Waals surface area contributed by atoms with Gasteiger partial charge in [0.2, 0.25) is 0 Å². The molecule has 0 heterocycles. The van der Waals surface area contributed by atoms with E-state index in [0.717, 1.165) is 4.90 Å². The van der Waals surface area contributed by atoms with Gasteiger partial charge in [0.05, 0.1) is 17.8 Å². The summed E-state index contributed by atoms with van der Waals surface area (Å²) in [7, 11) is 1.58. The summed E-state index contributed by atoms with van der Waals surface area (Å²) in [6.45, 7) is 3.68. The van der Waals surface area contributed by atoms with Gasteiger partial charge >= 0.3 is 12.1 Å². The van der Waals surface area contributed by atoms with Crippen molar-refractivity contribution < 1.29 is 14.4 Å². The largest absolute Gasteiger partial charge is 0.333 e. The van der Waals surface area contributed by atoms with Crippen LogP contribution in [-0.4, -0.2) is 48.9 Å². The third-order valence-corrected chi connectivity index (χ3v) is 3.44. The van der Waals surface area contributed by atoms with Crippen LogP contribution in [0, 0.1) is 0 Å². The highest BCUT2D eigenvalue weighted by molar-refractivity contribution is 6.13. The number of nitrogens with one attached hydrogen (secondary N) is 1. The first-order valence-electron chi connectivity index (χ1n) is 6.89. The molecule has 0 unspecified atom stereocenters. The number of nitrogens with two attached hydrogens (primary N) is 1. The lowest BCUT2D eigenvalue weighted by molar-refractivity contribution is -0.107. The van der Waals surface area contributed by atoms with Crippen molar-refractivity contribution in [1.29, 1.82) is 0 Å². The van der Waals surface area contributed by atoms with Crippen molar-refractivity contribution in [3.05, 3.63) is 30.3 Å². The lowest BCUT2D eigenvalue weighted by atomic mass is 10.0. The molecule has 4 amide bonds. The number of likely N-dealkylation sites (N-methyl/N-ethyl adjacent to an activating group) is 1. The SMILES string of the molecule is CN(C(=O)N(C(=O)NCC=O)c1ccccc1)C(C)(C)CN. The average molecular weight is 306 g/mol. The Hall–Kier alpha value is -2.41. The molecule has 7 nitrogen and oxygen atoms in total. The van der Waals surface area contributed by atoms with Crippen molar-refractivity contribution >= 4 is 24.0 Å². The molecule has 1 aromatic carbocycles. The van der Waals surface area contributed by atoms with E-state index in [2.05, 4.69) is 5.32 Å². The van der Waals surface area contributed by atoms with Crippen molar-refractivity contribution in [2.24, 2.45) is 5.73 Å². The molecule has 0 spiro atoms. The highest BCUT2D eigenvalue weighted by atomic mass is 16.2. The van der Waals surface area contributed by atoms with E-state index in [1.165, 1.54) is 4.90 Å². The first kappa shape index (κ1) is 17.6. The van der Waals surface area contributed by atoms with E-state index in [1.807, 2.05) is 0 Å². The van der Waals surface area contributed by atoms with Gasteiger partial charge in [0.15, 0.2) is 0 Å². The average Bonchev–Trinajstić information content (AvgIpc) is 2.53. The minimum absolute atomic E-state index is 0.167. The Labute approximate surface area is 130 Å². The van der Waals surface area contributed by atoms with Crippen molar-refractivity contribution in [1.82, 2.24) is 10.2 Å². The van der Waals surface area contributed by atoms with Crippen LogP contribution in [0.5, 0.6) is 0 Å². The van der Waals surface area contributed by atoms with Gasteiger partial charge in [0.25, 0.3) is 0 Å². The normalized spacial score (nSPS) is 10.7. The third kappa shape index (κ3) is 4.05. The molecule has 0 fully saturated rings. The Bertz CT molecular complexity index is 531.